The predicted octanol–water partition coefficient (Wildman–Crippen LogP) is -0.624. The lowest BCUT2D eigenvalue weighted by Gasteiger charge is -2.16. The van der Waals surface area contributed by atoms with E-state index in [1.165, 1.54) is 16.4 Å². The third-order valence-electron chi connectivity index (χ3n) is 2.07. The molecule has 80 valence electrons. The molecule has 1 fully saturated rings. The van der Waals surface area contributed by atoms with Gasteiger partial charge in [0.25, 0.3) is 0 Å². The number of rotatable bonds is 2. The molecule has 4 nitrogen and oxygen atoms in total. The summed E-state index contributed by atoms with van der Waals surface area (Å²) in [4.78, 5) is 1.01. The van der Waals surface area contributed by atoms with Crippen LogP contribution in [0.15, 0.2) is 11.0 Å². The van der Waals surface area contributed by atoms with Crippen molar-refractivity contribution in [2.24, 2.45) is 0 Å². The first-order valence-electron chi connectivity index (χ1n) is 4.14. The quantitative estimate of drug-likeness (QED) is 0.486. The van der Waals surface area contributed by atoms with Crippen molar-refractivity contribution in [1.29, 1.82) is 0 Å². The summed E-state index contributed by atoms with van der Waals surface area (Å²) in [5.41, 5.74) is 1.17. The van der Waals surface area contributed by atoms with Gasteiger partial charge in [-0.3, -0.25) is 0 Å². The molecular weight excluding hydrogens is 248 g/mol. The van der Waals surface area contributed by atoms with Crippen molar-refractivity contribution in [3.8, 4) is 0 Å². The first kappa shape index (κ1) is 10.9. The van der Waals surface area contributed by atoms with Crippen LogP contribution in [0.2, 0.25) is 0 Å². The summed E-state index contributed by atoms with van der Waals surface area (Å²) < 4.78 is 35.7. The van der Waals surface area contributed by atoms with E-state index < -0.39 is 20.0 Å². The topological polar surface area (TPSA) is 78.4 Å². The molecule has 14 heavy (non-hydrogen) atoms. The van der Waals surface area contributed by atoms with E-state index in [9.17, 15) is 14.0 Å². The molecule has 0 aromatic rings. The number of halogens is 1. The summed E-state index contributed by atoms with van der Waals surface area (Å²) in [6, 6.07) is 0. The Hall–Kier alpha value is 0.440. The van der Waals surface area contributed by atoms with Crippen LogP contribution in [0.1, 0.15) is 25.7 Å². The zero-order valence-corrected chi connectivity index (χ0v) is 9.62. The van der Waals surface area contributed by atoms with Gasteiger partial charge >= 0.3 is 0 Å². The van der Waals surface area contributed by atoms with Crippen LogP contribution in [-0.2, 0) is 3.74 Å². The fourth-order valence-electron chi connectivity index (χ4n) is 1.50. The maximum absolute atomic E-state index is 10.4. The molecular formula is C7H9ClO4S2. The highest BCUT2D eigenvalue weighted by molar-refractivity contribution is 8.83. The Labute approximate surface area is 90.2 Å². The summed E-state index contributed by atoms with van der Waals surface area (Å²) in [6.45, 7) is 0. The molecule has 2 rings (SSSR count). The number of fused-ring (bicyclic) bond motifs is 1. The largest absolute Gasteiger partial charge is 0.182 e. The second-order valence-corrected chi connectivity index (χ2v) is 7.18. The van der Waals surface area contributed by atoms with E-state index in [2.05, 4.69) is 3.74 Å². The monoisotopic (exact) mass is 256 g/mol. The zero-order chi connectivity index (χ0) is 10.2. The zero-order valence-electron chi connectivity index (χ0n) is 7.23. The van der Waals surface area contributed by atoms with Gasteiger partial charge in [-0.25, -0.2) is 0 Å². The molecule has 0 spiro atoms. The van der Waals surface area contributed by atoms with E-state index in [1.54, 1.807) is 0 Å². The van der Waals surface area contributed by atoms with Gasteiger partial charge in [-0.15, -0.1) is 0 Å². The maximum atomic E-state index is 10.4. The minimum absolute atomic E-state index is 0.854. The van der Waals surface area contributed by atoms with Crippen molar-refractivity contribution >= 4 is 25.5 Å². The van der Waals surface area contributed by atoms with Crippen LogP contribution in [0, 0.1) is 10.2 Å². The molecule has 0 aromatic heterocycles. The number of hydrogen-bond acceptors (Lipinski definition) is 5. The smallest absolute Gasteiger partial charge is 0.175 e. The molecule has 0 radical (unpaired) electrons. The third kappa shape index (κ3) is 2.52. The highest BCUT2D eigenvalue weighted by Gasteiger charge is 2.31. The van der Waals surface area contributed by atoms with Crippen molar-refractivity contribution in [3.05, 3.63) is 11.0 Å². The van der Waals surface area contributed by atoms with E-state index in [0.717, 1.165) is 30.5 Å². The Morgan fingerprint density at radius 1 is 1.29 bits per heavy atom. The second kappa shape index (κ2) is 4.13. The molecule has 1 atom stereocenters. The first-order valence-corrected chi connectivity index (χ1v) is 7.92. The van der Waals surface area contributed by atoms with Gasteiger partial charge in [0, 0.05) is 4.86 Å². The minimum Gasteiger partial charge on any atom is -0.182 e. The van der Waals surface area contributed by atoms with E-state index in [0.29, 0.717) is 0 Å². The molecule has 1 unspecified atom stereocenters. The van der Waals surface area contributed by atoms with Crippen LogP contribution in [0.25, 0.3) is 0 Å². The Balaban J connectivity index is 2.13. The molecule has 1 heterocycles. The minimum atomic E-state index is -4.30. The van der Waals surface area contributed by atoms with Gasteiger partial charge < -0.3 is 0 Å². The first-order chi connectivity index (χ1) is 6.56. The molecule has 0 bridgehead atoms. The second-order valence-electron chi connectivity index (χ2n) is 3.05. The van der Waals surface area contributed by atoms with Gasteiger partial charge in [0.15, 0.2) is 9.80 Å². The van der Waals surface area contributed by atoms with Crippen molar-refractivity contribution in [2.45, 2.75) is 25.7 Å². The Bertz CT molecular complexity index is 307. The van der Waals surface area contributed by atoms with Crippen LogP contribution >= 0.6 is 20.6 Å². The van der Waals surface area contributed by atoms with Gasteiger partial charge in [-0.05, 0) is 47.5 Å². The van der Waals surface area contributed by atoms with Gasteiger partial charge in [-0.2, -0.15) is 14.0 Å². The average Bonchev–Trinajstić information content (AvgIpc) is 2.47. The highest BCUT2D eigenvalue weighted by Crippen LogP contribution is 2.47. The highest BCUT2D eigenvalue weighted by atomic mass is 35.7. The van der Waals surface area contributed by atoms with Gasteiger partial charge in [-0.1, -0.05) is 0 Å². The van der Waals surface area contributed by atoms with E-state index in [4.69, 9.17) is 0 Å². The molecule has 2 aliphatic rings. The normalized spacial score (nSPS) is 27.5. The van der Waals surface area contributed by atoms with Gasteiger partial charge in [0.05, 0.1) is 10.2 Å². The summed E-state index contributed by atoms with van der Waals surface area (Å²) in [7, 11) is -3.89. The van der Waals surface area contributed by atoms with Crippen molar-refractivity contribution in [3.63, 3.8) is 0 Å². The molecule has 1 saturated carbocycles. The Morgan fingerprint density at radius 2 is 2.00 bits per heavy atom. The molecule has 1 aliphatic heterocycles. The lowest BCUT2D eigenvalue weighted by molar-refractivity contribution is -1.91. The lowest BCUT2D eigenvalue weighted by atomic mass is 9.96. The van der Waals surface area contributed by atoms with Crippen molar-refractivity contribution < 1.29 is 28.0 Å². The number of hydrogen-bond donors (Lipinski definition) is 0. The molecule has 0 saturated heterocycles. The molecule has 0 amide bonds. The van der Waals surface area contributed by atoms with Crippen molar-refractivity contribution in [2.75, 3.05) is 0 Å². The standard InChI is InChI=1S/C7H9ClO4S2/c9-8(10,11)12-14-7-4-2-1-3-6(7)5-13-14/h5H,1-4H2. The summed E-state index contributed by atoms with van der Waals surface area (Å²) in [5, 5.41) is 1.91. The van der Waals surface area contributed by atoms with Gasteiger partial charge in [0.1, 0.15) is 3.74 Å². The van der Waals surface area contributed by atoms with Crippen LogP contribution < -0.4 is 14.0 Å². The van der Waals surface area contributed by atoms with E-state index >= 15 is 0 Å². The molecule has 0 N–H and O–H groups in total. The van der Waals surface area contributed by atoms with Crippen LogP contribution in [0.3, 0.4) is 0 Å². The Kier molecular flexibility index (Phi) is 3.23. The lowest BCUT2D eigenvalue weighted by Crippen LogP contribution is -2.60. The van der Waals surface area contributed by atoms with Crippen LogP contribution in [0.4, 0.5) is 0 Å². The van der Waals surface area contributed by atoms with E-state index in [-0.39, 0.29) is 0 Å². The SMILES string of the molecule is [O-][Cl+3]([O-])([O-])OS1=C2CCCCC2=CS1. The van der Waals surface area contributed by atoms with Crippen LogP contribution in [0.5, 0.6) is 0 Å². The summed E-state index contributed by atoms with van der Waals surface area (Å²) >= 11 is 0. The number of allylic oxidation sites excluding steroid dienone is 1. The summed E-state index contributed by atoms with van der Waals surface area (Å²) in [6.07, 6.45) is 4.02. The Morgan fingerprint density at radius 3 is 2.71 bits per heavy atom. The maximum Gasteiger partial charge on any atom is 0.175 e. The molecule has 0 aromatic carbocycles. The average molecular weight is 257 g/mol. The molecule has 1 aliphatic carbocycles. The van der Waals surface area contributed by atoms with Crippen molar-refractivity contribution in [1.82, 2.24) is 0 Å². The predicted molar refractivity (Wildman–Crippen MR) is 47.8 cm³/mol. The van der Waals surface area contributed by atoms with Gasteiger partial charge in [0.2, 0.25) is 0 Å². The third-order valence-corrected chi connectivity index (χ3v) is 6.45. The fraction of sp³-hybridized carbons (Fsp3) is 0.571. The molecule has 7 heteroatoms. The fourth-order valence-corrected chi connectivity index (χ4v) is 6.19. The van der Waals surface area contributed by atoms with Crippen LogP contribution in [-0.4, -0.2) is 4.86 Å². The van der Waals surface area contributed by atoms with E-state index in [1.807, 2.05) is 5.41 Å². The summed E-state index contributed by atoms with van der Waals surface area (Å²) in [5.74, 6) is 0.